The molecule has 0 bridgehead atoms. The zero-order chi connectivity index (χ0) is 16.2. The van der Waals surface area contributed by atoms with Crippen LogP contribution in [0.25, 0.3) is 0 Å². The van der Waals surface area contributed by atoms with E-state index in [-0.39, 0.29) is 17.9 Å². The second-order valence-electron chi connectivity index (χ2n) is 6.62. The van der Waals surface area contributed by atoms with Crippen molar-refractivity contribution in [2.45, 2.75) is 51.2 Å². The van der Waals surface area contributed by atoms with E-state index < -0.39 is 0 Å². The number of nitrogens with one attached hydrogen (secondary N) is 2. The first-order valence-corrected chi connectivity index (χ1v) is 8.50. The van der Waals surface area contributed by atoms with Gasteiger partial charge in [0, 0.05) is 44.2 Å². The molecule has 1 saturated heterocycles. The van der Waals surface area contributed by atoms with Crippen molar-refractivity contribution in [3.8, 4) is 0 Å². The third-order valence-corrected chi connectivity index (χ3v) is 4.69. The molecule has 1 aromatic rings. The van der Waals surface area contributed by atoms with Crippen LogP contribution in [0.15, 0.2) is 24.3 Å². The van der Waals surface area contributed by atoms with Crippen LogP contribution < -0.4 is 10.6 Å². The van der Waals surface area contributed by atoms with Crippen molar-refractivity contribution in [3.63, 3.8) is 0 Å². The maximum atomic E-state index is 12.3. The number of piperidine rings is 1. The molecule has 1 aromatic carbocycles. The number of hydrogen-bond donors (Lipinski definition) is 2. The maximum absolute atomic E-state index is 12.3. The lowest BCUT2D eigenvalue weighted by atomic mass is 10.0. The van der Waals surface area contributed by atoms with Crippen molar-refractivity contribution in [1.29, 1.82) is 0 Å². The van der Waals surface area contributed by atoms with Crippen LogP contribution in [-0.2, 0) is 11.3 Å². The van der Waals surface area contributed by atoms with Gasteiger partial charge in [0.2, 0.25) is 5.91 Å². The summed E-state index contributed by atoms with van der Waals surface area (Å²) in [7, 11) is 0. The largest absolute Gasteiger partial charge is 0.352 e. The van der Waals surface area contributed by atoms with E-state index in [1.807, 2.05) is 24.3 Å². The lowest BCUT2D eigenvalue weighted by Gasteiger charge is -2.32. The molecular weight excluding hydrogens is 290 g/mol. The molecule has 2 aliphatic rings. The van der Waals surface area contributed by atoms with Crippen molar-refractivity contribution in [2.24, 2.45) is 0 Å². The van der Waals surface area contributed by atoms with Crippen LogP contribution in [0.2, 0.25) is 0 Å². The average Bonchev–Trinajstić information content (AvgIpc) is 3.39. The van der Waals surface area contributed by atoms with Gasteiger partial charge in [0.1, 0.15) is 0 Å². The van der Waals surface area contributed by atoms with Gasteiger partial charge in [-0.2, -0.15) is 0 Å². The average molecular weight is 315 g/mol. The molecule has 0 aromatic heterocycles. The Morgan fingerprint density at radius 3 is 2.30 bits per heavy atom. The second kappa shape index (κ2) is 7.13. The fourth-order valence-electron chi connectivity index (χ4n) is 3.12. The number of amides is 2. The lowest BCUT2D eigenvalue weighted by Crippen LogP contribution is -2.45. The molecule has 0 radical (unpaired) electrons. The van der Waals surface area contributed by atoms with E-state index >= 15 is 0 Å². The van der Waals surface area contributed by atoms with Crippen LogP contribution in [0.5, 0.6) is 0 Å². The topological polar surface area (TPSA) is 61.4 Å². The van der Waals surface area contributed by atoms with Gasteiger partial charge in [-0.25, -0.2) is 0 Å². The third kappa shape index (κ3) is 4.55. The Labute approximate surface area is 137 Å². The summed E-state index contributed by atoms with van der Waals surface area (Å²) in [5.74, 6) is -0.0506. The first kappa shape index (κ1) is 16.0. The minimum atomic E-state index is -0.0515. The van der Waals surface area contributed by atoms with E-state index in [9.17, 15) is 9.59 Å². The summed E-state index contributed by atoms with van der Waals surface area (Å²) in [6, 6.07) is 8.54. The number of likely N-dealkylation sites (tertiary alicyclic amines) is 1. The molecule has 1 aliphatic carbocycles. The van der Waals surface area contributed by atoms with Gasteiger partial charge in [-0.05, 0) is 43.4 Å². The first-order valence-electron chi connectivity index (χ1n) is 8.50. The van der Waals surface area contributed by atoms with Crippen molar-refractivity contribution >= 4 is 11.8 Å². The second-order valence-corrected chi connectivity index (χ2v) is 6.62. The van der Waals surface area contributed by atoms with Gasteiger partial charge in [0.05, 0.1) is 0 Å². The molecule has 1 aliphatic heterocycles. The summed E-state index contributed by atoms with van der Waals surface area (Å²) >= 11 is 0. The quantitative estimate of drug-likeness (QED) is 0.869. The molecule has 2 N–H and O–H groups in total. The highest BCUT2D eigenvalue weighted by molar-refractivity contribution is 5.94. The van der Waals surface area contributed by atoms with Crippen molar-refractivity contribution in [1.82, 2.24) is 15.5 Å². The van der Waals surface area contributed by atoms with Crippen LogP contribution >= 0.6 is 0 Å². The summed E-state index contributed by atoms with van der Waals surface area (Å²) < 4.78 is 0. The van der Waals surface area contributed by atoms with Gasteiger partial charge >= 0.3 is 0 Å². The fourth-order valence-corrected chi connectivity index (χ4v) is 3.12. The van der Waals surface area contributed by atoms with E-state index in [1.54, 1.807) is 0 Å². The monoisotopic (exact) mass is 315 g/mol. The summed E-state index contributed by atoms with van der Waals surface area (Å²) in [5.41, 5.74) is 1.68. The molecule has 0 spiro atoms. The van der Waals surface area contributed by atoms with Crippen molar-refractivity contribution in [2.75, 3.05) is 13.1 Å². The zero-order valence-electron chi connectivity index (χ0n) is 13.7. The van der Waals surface area contributed by atoms with Crippen LogP contribution in [0.4, 0.5) is 0 Å². The van der Waals surface area contributed by atoms with E-state index in [4.69, 9.17) is 0 Å². The SMILES string of the molecule is CC(=O)NCc1ccc(C(=O)NC2CCN(C3CC3)CC2)cc1. The summed E-state index contributed by atoms with van der Waals surface area (Å²) in [4.78, 5) is 25.8. The lowest BCUT2D eigenvalue weighted by molar-refractivity contribution is -0.119. The first-order chi connectivity index (χ1) is 11.1. The third-order valence-electron chi connectivity index (χ3n) is 4.69. The standard InChI is InChI=1S/C18H25N3O2/c1-13(22)19-12-14-2-4-15(5-3-14)18(23)20-16-8-10-21(11-9-16)17-6-7-17/h2-5,16-17H,6-12H2,1H3,(H,19,22)(H,20,23). The number of carbonyl (C=O) groups excluding carboxylic acids is 2. The molecule has 1 saturated carbocycles. The van der Waals surface area contributed by atoms with Gasteiger partial charge in [-0.1, -0.05) is 12.1 Å². The molecule has 5 heteroatoms. The zero-order valence-corrected chi connectivity index (χ0v) is 13.7. The van der Waals surface area contributed by atoms with E-state index in [0.717, 1.165) is 37.5 Å². The van der Waals surface area contributed by atoms with Gasteiger partial charge in [0.15, 0.2) is 0 Å². The van der Waals surface area contributed by atoms with Crippen LogP contribution in [0, 0.1) is 0 Å². The smallest absolute Gasteiger partial charge is 0.251 e. The number of hydrogen-bond acceptors (Lipinski definition) is 3. The van der Waals surface area contributed by atoms with E-state index in [1.165, 1.54) is 19.8 Å². The van der Waals surface area contributed by atoms with E-state index in [2.05, 4.69) is 15.5 Å². The highest BCUT2D eigenvalue weighted by Gasteiger charge is 2.32. The summed E-state index contributed by atoms with van der Waals surface area (Å²) in [6.45, 7) is 4.20. The number of benzene rings is 1. The Balaban J connectivity index is 1.47. The van der Waals surface area contributed by atoms with Crippen molar-refractivity contribution < 1.29 is 9.59 Å². The Morgan fingerprint density at radius 2 is 1.74 bits per heavy atom. The molecule has 1 heterocycles. The summed E-state index contributed by atoms with van der Waals surface area (Å²) in [6.07, 6.45) is 4.79. The summed E-state index contributed by atoms with van der Waals surface area (Å²) in [5, 5.41) is 5.90. The van der Waals surface area contributed by atoms with Crippen molar-refractivity contribution in [3.05, 3.63) is 35.4 Å². The van der Waals surface area contributed by atoms with Gasteiger partial charge in [-0.3, -0.25) is 9.59 Å². The van der Waals surface area contributed by atoms with Crippen LogP contribution in [-0.4, -0.2) is 41.9 Å². The molecule has 23 heavy (non-hydrogen) atoms. The van der Waals surface area contributed by atoms with Gasteiger partial charge < -0.3 is 15.5 Å². The van der Waals surface area contributed by atoms with E-state index in [0.29, 0.717) is 12.1 Å². The molecule has 3 rings (SSSR count). The molecular formula is C18H25N3O2. The highest BCUT2D eigenvalue weighted by atomic mass is 16.2. The number of rotatable bonds is 5. The normalized spacial score (nSPS) is 19.3. The minimum absolute atomic E-state index is 0.000879. The fraction of sp³-hybridized carbons (Fsp3) is 0.556. The van der Waals surface area contributed by atoms with Gasteiger partial charge in [-0.15, -0.1) is 0 Å². The molecule has 5 nitrogen and oxygen atoms in total. The number of carbonyl (C=O) groups is 2. The molecule has 2 amide bonds. The Hall–Kier alpha value is -1.88. The molecule has 0 unspecified atom stereocenters. The van der Waals surface area contributed by atoms with Crippen LogP contribution in [0.3, 0.4) is 0 Å². The molecule has 0 atom stereocenters. The van der Waals surface area contributed by atoms with Gasteiger partial charge in [0.25, 0.3) is 5.91 Å². The number of nitrogens with zero attached hydrogens (tertiary/aromatic N) is 1. The Morgan fingerprint density at radius 1 is 1.09 bits per heavy atom. The predicted octanol–water partition coefficient (Wildman–Crippen LogP) is 1.68. The maximum Gasteiger partial charge on any atom is 0.251 e. The Bertz CT molecular complexity index is 558. The minimum Gasteiger partial charge on any atom is -0.352 e. The molecule has 2 fully saturated rings. The molecule has 124 valence electrons. The Kier molecular flexibility index (Phi) is 4.96. The predicted molar refractivity (Wildman–Crippen MR) is 89.0 cm³/mol. The van der Waals surface area contributed by atoms with Crippen LogP contribution in [0.1, 0.15) is 48.5 Å². The highest BCUT2D eigenvalue weighted by Crippen LogP contribution is 2.29.